The molecule has 0 saturated heterocycles. The topological polar surface area (TPSA) is 40.5 Å². The van der Waals surface area contributed by atoms with Gasteiger partial charge in [0.15, 0.2) is 0 Å². The Morgan fingerprint density at radius 3 is 1.58 bits per heavy atom. The maximum absolute atomic E-state index is 9.81. The second-order valence-corrected chi connectivity index (χ2v) is 21.7. The number of rotatable bonds is 3. The molecule has 0 unspecified atom stereocenters. The fraction of sp³-hybridized carbons (Fsp3) is 1.00. The fourth-order valence-corrected chi connectivity index (χ4v) is 24.1. The maximum atomic E-state index is 9.81. The van der Waals surface area contributed by atoms with Gasteiger partial charge in [-0.2, -0.15) is 0 Å². The Bertz CT molecular complexity index is 190. The molecular weight excluding hydrogens is 400 g/mol. The van der Waals surface area contributed by atoms with Crippen LogP contribution in [0.25, 0.3) is 0 Å². The normalized spacial score (nSPS) is 13.6. The molecule has 0 aromatic rings. The zero-order valence-electron chi connectivity index (χ0n) is 8.02. The number of hydrogen-bond acceptors (Lipinski definition) is 1. The molecule has 0 radical (unpaired) electrons. The van der Waals surface area contributed by atoms with Crippen molar-refractivity contribution in [3.63, 3.8) is 0 Å². The molecule has 0 bridgehead atoms. The zero-order chi connectivity index (χ0) is 9.94. The van der Waals surface area contributed by atoms with E-state index >= 15 is 0 Å². The summed E-state index contributed by atoms with van der Waals surface area (Å²) in [7, 11) is 1.22. The number of hydrogen-bond donors (Lipinski definition) is 2. The van der Waals surface area contributed by atoms with Crippen LogP contribution in [0.3, 0.4) is 0 Å². The van der Waals surface area contributed by atoms with Crippen LogP contribution < -0.4 is 0 Å². The third-order valence-corrected chi connectivity index (χ3v) is 31.1. The van der Waals surface area contributed by atoms with Gasteiger partial charge in [0.1, 0.15) is 0 Å². The van der Waals surface area contributed by atoms with Gasteiger partial charge in [0.2, 0.25) is 0 Å². The van der Waals surface area contributed by atoms with Gasteiger partial charge in [-0.05, 0) is 0 Å². The summed E-state index contributed by atoms with van der Waals surface area (Å²) in [5.41, 5.74) is -2.61. The van der Waals surface area contributed by atoms with Gasteiger partial charge in [0.25, 0.3) is 0 Å². The third kappa shape index (κ3) is 4.01. The average Bonchev–Trinajstić information content (AvgIpc) is 1.84. The summed E-state index contributed by atoms with van der Waals surface area (Å²) in [5, 5.41) is 0.786. The van der Waals surface area contributed by atoms with Crippen molar-refractivity contribution in [2.75, 3.05) is 0 Å². The molecule has 0 heterocycles. The van der Waals surface area contributed by atoms with E-state index in [0.717, 1.165) is 0 Å². The Labute approximate surface area is 95.5 Å². The van der Waals surface area contributed by atoms with Crippen molar-refractivity contribution in [3.05, 3.63) is 0 Å². The van der Waals surface area contributed by atoms with Gasteiger partial charge in [-0.3, -0.25) is 0 Å². The molecule has 12 heavy (non-hydrogen) atoms. The summed E-state index contributed by atoms with van der Waals surface area (Å²) >= 11 is 0.423. The van der Waals surface area contributed by atoms with Crippen LogP contribution in [-0.2, 0) is 34.7 Å². The van der Waals surface area contributed by atoms with E-state index in [1.54, 1.807) is 0 Å². The van der Waals surface area contributed by atoms with Crippen molar-refractivity contribution in [3.8, 4) is 0 Å². The standard InChI is InChI=1S/C6H16O2PS2.Hg/c1-5(2)11(6(3)4)9(7,8)10;/h5-6H,1-4H3,(H2-,7,8,10);/q-1;+1. The van der Waals surface area contributed by atoms with Crippen molar-refractivity contribution < 1.29 is 34.4 Å². The van der Waals surface area contributed by atoms with E-state index in [9.17, 15) is 9.79 Å². The molecule has 2 N–H and O–H groups in total. The van der Waals surface area contributed by atoms with Crippen molar-refractivity contribution in [2.45, 2.75) is 38.2 Å². The Balaban J connectivity index is 5.07. The van der Waals surface area contributed by atoms with Crippen LogP contribution in [0.5, 0.6) is 0 Å². The van der Waals surface area contributed by atoms with Gasteiger partial charge >= 0.3 is 96.2 Å². The second-order valence-electron chi connectivity index (χ2n) is 3.06. The molecule has 6 heteroatoms. The van der Waals surface area contributed by atoms with Gasteiger partial charge < -0.3 is 0 Å². The molecule has 0 spiro atoms. The first kappa shape index (κ1) is 14.0. The molecular formula is C6H16HgO2PS2. The summed E-state index contributed by atoms with van der Waals surface area (Å²) in [6.45, 7) is 8.31. The zero-order valence-corrected chi connectivity index (χ0v) is 16.0. The molecule has 0 atom stereocenters. The third-order valence-electron chi connectivity index (χ3n) is 1.41. The summed E-state index contributed by atoms with van der Waals surface area (Å²) in [6, 6.07) is 0. The van der Waals surface area contributed by atoms with E-state index in [2.05, 4.69) is 27.7 Å². The van der Waals surface area contributed by atoms with Gasteiger partial charge in [0, 0.05) is 0 Å². The van der Waals surface area contributed by atoms with Crippen LogP contribution in [0.1, 0.15) is 27.7 Å². The molecule has 0 aromatic carbocycles. The van der Waals surface area contributed by atoms with E-state index in [0.29, 0.717) is 35.1 Å². The van der Waals surface area contributed by atoms with Crippen LogP contribution in [0.15, 0.2) is 0 Å². The minimum atomic E-state index is -2.61. The molecule has 0 saturated carbocycles. The molecule has 0 rings (SSSR count). The van der Waals surface area contributed by atoms with Crippen LogP contribution in [0, 0.1) is 0 Å². The molecule has 2 nitrogen and oxygen atoms in total. The van der Waals surface area contributed by atoms with Gasteiger partial charge in [0.05, 0.1) is 0 Å². The molecule has 0 aliphatic rings. The molecule has 0 fully saturated rings. The Morgan fingerprint density at radius 2 is 1.50 bits per heavy atom. The van der Waals surface area contributed by atoms with E-state index < -0.39 is 5.69 Å². The van der Waals surface area contributed by atoms with Crippen LogP contribution in [0.4, 0.5) is 0 Å². The first-order valence-corrected chi connectivity index (χ1v) is 15.8. The van der Waals surface area contributed by atoms with Crippen molar-refractivity contribution in [2.24, 2.45) is 0 Å². The summed E-state index contributed by atoms with van der Waals surface area (Å²) in [5.74, 6) is 0. The van der Waals surface area contributed by atoms with E-state index in [1.165, 1.54) is 7.86 Å². The first-order chi connectivity index (χ1) is 5.33. The van der Waals surface area contributed by atoms with Crippen LogP contribution in [0.2, 0.25) is 0 Å². The van der Waals surface area contributed by atoms with E-state index in [4.69, 9.17) is 0 Å². The molecule has 0 aromatic heterocycles. The SMILES string of the molecule is CC(C)S(C(C)C)=P(O)(O)[S][Hg]. The summed E-state index contributed by atoms with van der Waals surface area (Å²) in [6.07, 6.45) is 0. The summed E-state index contributed by atoms with van der Waals surface area (Å²) in [4.78, 5) is 19.6. The van der Waals surface area contributed by atoms with Crippen molar-refractivity contribution >= 4 is 23.6 Å². The monoisotopic (exact) mass is 417 g/mol. The predicted octanol–water partition coefficient (Wildman–Crippen LogP) is 2.28. The van der Waals surface area contributed by atoms with Crippen LogP contribution >= 0.6 is 13.6 Å². The summed E-state index contributed by atoms with van der Waals surface area (Å²) < 4.78 is 0. The van der Waals surface area contributed by atoms with Gasteiger partial charge in [-0.1, -0.05) is 0 Å². The van der Waals surface area contributed by atoms with Crippen molar-refractivity contribution in [1.29, 1.82) is 0 Å². The minimum absolute atomic E-state index is 0.204. The fourth-order valence-electron chi connectivity index (χ4n) is 1.15. The molecule has 0 aliphatic heterocycles. The van der Waals surface area contributed by atoms with Crippen LogP contribution in [-0.4, -0.2) is 20.3 Å². The van der Waals surface area contributed by atoms with E-state index in [1.807, 2.05) is 0 Å². The Kier molecular flexibility index (Phi) is 6.72. The second kappa shape index (κ2) is 5.77. The Morgan fingerprint density at radius 1 is 1.17 bits per heavy atom. The van der Waals surface area contributed by atoms with Gasteiger partial charge in [-0.15, -0.1) is 0 Å². The first-order valence-electron chi connectivity index (χ1n) is 3.83. The van der Waals surface area contributed by atoms with Crippen molar-refractivity contribution in [1.82, 2.24) is 0 Å². The molecule has 71 valence electrons. The quantitative estimate of drug-likeness (QED) is 0.549. The molecule has 0 amide bonds. The average molecular weight is 416 g/mol. The van der Waals surface area contributed by atoms with E-state index in [-0.39, 0.29) is 10.1 Å². The molecule has 0 aliphatic carbocycles. The Hall–Kier alpha value is 1.99. The van der Waals surface area contributed by atoms with Gasteiger partial charge in [-0.25, -0.2) is 0 Å². The predicted molar refractivity (Wildman–Crippen MR) is 56.6 cm³/mol.